The first-order valence-corrected chi connectivity index (χ1v) is 11.6. The van der Waals surface area contributed by atoms with E-state index in [0.29, 0.717) is 11.3 Å². The Kier molecular flexibility index (Phi) is 6.77. The molecule has 1 aliphatic carbocycles. The lowest BCUT2D eigenvalue weighted by molar-refractivity contribution is -0.131. The summed E-state index contributed by atoms with van der Waals surface area (Å²) in [6.07, 6.45) is 4.91. The Balaban J connectivity index is 1.48. The maximum absolute atomic E-state index is 12.9. The highest BCUT2D eigenvalue weighted by Crippen LogP contribution is 2.28. The minimum absolute atomic E-state index is 0.0653. The van der Waals surface area contributed by atoms with Gasteiger partial charge < -0.3 is 9.84 Å². The van der Waals surface area contributed by atoms with Crippen molar-refractivity contribution in [3.8, 4) is 5.75 Å². The van der Waals surface area contributed by atoms with Gasteiger partial charge in [0.25, 0.3) is 11.8 Å². The van der Waals surface area contributed by atoms with Crippen molar-refractivity contribution >= 4 is 52.5 Å². The number of urea groups is 1. The Morgan fingerprint density at radius 2 is 1.82 bits per heavy atom. The number of rotatable bonds is 6. The maximum atomic E-state index is 12.9. The Bertz CT molecular complexity index is 1150. The average molecular weight is 560 g/mol. The van der Waals surface area contributed by atoms with Crippen LogP contribution in [0.15, 0.2) is 48.0 Å². The minimum atomic E-state index is -0.984. The number of barbiturate groups is 1. The van der Waals surface area contributed by atoms with Gasteiger partial charge in [-0.3, -0.25) is 19.8 Å². The van der Waals surface area contributed by atoms with Crippen LogP contribution in [0, 0.1) is 3.57 Å². The van der Waals surface area contributed by atoms with Crippen LogP contribution >= 0.6 is 22.6 Å². The molecule has 0 bridgehead atoms. The number of nitrogens with zero attached hydrogens (tertiary/aromatic N) is 1. The lowest BCUT2D eigenvalue weighted by Gasteiger charge is -2.31. The van der Waals surface area contributed by atoms with Gasteiger partial charge in [-0.2, -0.15) is 0 Å². The Labute approximate surface area is 203 Å². The van der Waals surface area contributed by atoms with Crippen LogP contribution in [0.1, 0.15) is 47.2 Å². The smallest absolute Gasteiger partial charge is 0.335 e. The van der Waals surface area contributed by atoms with Crippen LogP contribution < -0.4 is 10.1 Å². The van der Waals surface area contributed by atoms with E-state index in [1.54, 1.807) is 30.3 Å². The van der Waals surface area contributed by atoms with Crippen LogP contribution in [0.25, 0.3) is 6.08 Å². The Hall–Kier alpha value is -3.21. The van der Waals surface area contributed by atoms with Crippen molar-refractivity contribution in [3.63, 3.8) is 0 Å². The van der Waals surface area contributed by atoms with Crippen molar-refractivity contribution in [1.82, 2.24) is 10.2 Å². The highest BCUT2D eigenvalue weighted by molar-refractivity contribution is 14.1. The molecule has 4 amide bonds. The van der Waals surface area contributed by atoms with Crippen molar-refractivity contribution in [3.05, 3.63) is 68.3 Å². The molecule has 1 saturated heterocycles. The number of halogens is 1. The summed E-state index contributed by atoms with van der Waals surface area (Å²) < 4.78 is 6.61. The molecular formula is C24H21IN2O6. The molecule has 8 nitrogen and oxygen atoms in total. The Morgan fingerprint density at radius 3 is 2.45 bits per heavy atom. The number of benzene rings is 2. The average Bonchev–Trinajstić information content (AvgIpc) is 3.30. The summed E-state index contributed by atoms with van der Waals surface area (Å²) in [5, 5.41) is 11.3. The summed E-state index contributed by atoms with van der Waals surface area (Å²) in [6.45, 7) is 0.260. The van der Waals surface area contributed by atoms with E-state index in [1.165, 1.54) is 23.1 Å². The van der Waals surface area contributed by atoms with Crippen molar-refractivity contribution in [2.75, 3.05) is 0 Å². The molecular weight excluding hydrogens is 539 g/mol. The normalized spacial score (nSPS) is 18.0. The lowest BCUT2D eigenvalue weighted by Crippen LogP contribution is -2.57. The molecule has 2 aliphatic rings. The molecule has 4 rings (SSSR count). The van der Waals surface area contributed by atoms with Gasteiger partial charge in [-0.15, -0.1) is 0 Å². The molecule has 1 aliphatic heterocycles. The van der Waals surface area contributed by atoms with Gasteiger partial charge in [0.05, 0.1) is 9.13 Å². The second-order valence-corrected chi connectivity index (χ2v) is 9.07. The van der Waals surface area contributed by atoms with Gasteiger partial charge in [0.15, 0.2) is 0 Å². The van der Waals surface area contributed by atoms with E-state index in [0.717, 1.165) is 34.8 Å². The van der Waals surface area contributed by atoms with Crippen molar-refractivity contribution in [2.45, 2.75) is 38.3 Å². The largest absolute Gasteiger partial charge is 0.488 e. The fraction of sp³-hybridized carbons (Fsp3) is 0.250. The molecule has 2 fully saturated rings. The van der Waals surface area contributed by atoms with Crippen molar-refractivity contribution in [2.24, 2.45) is 0 Å². The van der Waals surface area contributed by atoms with Gasteiger partial charge in [-0.05, 0) is 76.9 Å². The zero-order chi connectivity index (χ0) is 23.5. The number of ether oxygens (including phenoxy) is 1. The molecule has 0 atom stereocenters. The fourth-order valence-electron chi connectivity index (χ4n) is 3.96. The summed E-state index contributed by atoms with van der Waals surface area (Å²) in [7, 11) is 0. The number of hydrogen-bond donors (Lipinski definition) is 2. The van der Waals surface area contributed by atoms with Crippen molar-refractivity contribution in [1.29, 1.82) is 0 Å². The van der Waals surface area contributed by atoms with Crippen LogP contribution in [0.4, 0.5) is 4.79 Å². The molecule has 0 spiro atoms. The second kappa shape index (κ2) is 9.74. The maximum Gasteiger partial charge on any atom is 0.335 e. The molecule has 9 heteroatoms. The first kappa shape index (κ1) is 23.0. The summed E-state index contributed by atoms with van der Waals surface area (Å²) in [6, 6.07) is 10.9. The van der Waals surface area contributed by atoms with E-state index < -0.39 is 23.8 Å². The predicted molar refractivity (Wildman–Crippen MR) is 128 cm³/mol. The van der Waals surface area contributed by atoms with Crippen molar-refractivity contribution < 1.29 is 29.0 Å². The molecule has 0 unspecified atom stereocenters. The number of carboxylic acid groups (broad SMARTS) is 1. The van der Waals surface area contributed by atoms with E-state index in [9.17, 15) is 19.2 Å². The fourth-order valence-corrected chi connectivity index (χ4v) is 4.66. The van der Waals surface area contributed by atoms with Gasteiger partial charge in [0.1, 0.15) is 17.9 Å². The SMILES string of the molecule is O=C1NC(=O)N(C2CCCC2)C(=O)/C1=C/c1ccc(OCc2ccc(C(=O)O)cc2)c(I)c1. The van der Waals surface area contributed by atoms with Gasteiger partial charge >= 0.3 is 12.0 Å². The zero-order valence-corrected chi connectivity index (χ0v) is 19.7. The number of amides is 4. The lowest BCUT2D eigenvalue weighted by atomic mass is 10.1. The summed E-state index contributed by atoms with van der Waals surface area (Å²) >= 11 is 2.10. The van der Waals surface area contributed by atoms with Crippen LogP contribution in [-0.4, -0.2) is 39.9 Å². The molecule has 0 aromatic heterocycles. The molecule has 1 saturated carbocycles. The molecule has 2 N–H and O–H groups in total. The number of hydrogen-bond acceptors (Lipinski definition) is 5. The third-order valence-electron chi connectivity index (χ3n) is 5.69. The molecule has 0 radical (unpaired) electrons. The third-order valence-corrected chi connectivity index (χ3v) is 6.53. The number of carbonyl (C=O) groups is 4. The number of aromatic carboxylic acids is 1. The number of carbonyl (C=O) groups excluding carboxylic acids is 3. The highest BCUT2D eigenvalue weighted by atomic mass is 127. The van der Waals surface area contributed by atoms with Gasteiger partial charge in [0.2, 0.25) is 0 Å². The highest BCUT2D eigenvalue weighted by Gasteiger charge is 2.40. The molecule has 2 aromatic carbocycles. The van der Waals surface area contributed by atoms with E-state index in [4.69, 9.17) is 9.84 Å². The van der Waals surface area contributed by atoms with E-state index in [-0.39, 0.29) is 23.8 Å². The molecule has 33 heavy (non-hydrogen) atoms. The molecule has 170 valence electrons. The zero-order valence-electron chi connectivity index (χ0n) is 17.5. The third kappa shape index (κ3) is 5.08. The Morgan fingerprint density at radius 1 is 1.12 bits per heavy atom. The predicted octanol–water partition coefficient (Wildman–Crippen LogP) is 3.97. The standard InChI is InChI=1S/C24H21IN2O6/c25-19-12-15(7-10-20(19)33-13-14-5-8-16(9-6-14)23(30)31)11-18-21(28)26-24(32)27(22(18)29)17-3-1-2-4-17/h5-12,17H,1-4,13H2,(H,30,31)(H,26,28,32)/b18-11+. The van der Waals surface area contributed by atoms with Crippen LogP contribution in [0.3, 0.4) is 0 Å². The minimum Gasteiger partial charge on any atom is -0.488 e. The first-order valence-electron chi connectivity index (χ1n) is 10.5. The number of nitrogens with one attached hydrogen (secondary N) is 1. The monoisotopic (exact) mass is 560 g/mol. The summed E-state index contributed by atoms with van der Waals surface area (Å²) in [5.74, 6) is -1.62. The topological polar surface area (TPSA) is 113 Å². The van der Waals surface area contributed by atoms with Gasteiger partial charge in [-0.1, -0.05) is 31.0 Å². The molecule has 2 aromatic rings. The molecule has 1 heterocycles. The van der Waals surface area contributed by atoms with Crippen LogP contribution in [0.2, 0.25) is 0 Å². The number of imide groups is 2. The van der Waals surface area contributed by atoms with Gasteiger partial charge in [-0.25, -0.2) is 9.59 Å². The van der Waals surface area contributed by atoms with E-state index in [2.05, 4.69) is 27.9 Å². The van der Waals surface area contributed by atoms with Crippen LogP contribution in [-0.2, 0) is 16.2 Å². The van der Waals surface area contributed by atoms with Crippen LogP contribution in [0.5, 0.6) is 5.75 Å². The number of carboxylic acids is 1. The quantitative estimate of drug-likeness (QED) is 0.314. The second-order valence-electron chi connectivity index (χ2n) is 7.91. The van der Waals surface area contributed by atoms with E-state index in [1.807, 2.05) is 0 Å². The van der Waals surface area contributed by atoms with E-state index >= 15 is 0 Å². The summed E-state index contributed by atoms with van der Waals surface area (Å²) in [5.41, 5.74) is 1.60. The summed E-state index contributed by atoms with van der Waals surface area (Å²) in [4.78, 5) is 49.6. The first-order chi connectivity index (χ1) is 15.8. The van der Waals surface area contributed by atoms with Gasteiger partial charge in [0, 0.05) is 6.04 Å².